The molecule has 0 bridgehead atoms. The Morgan fingerprint density at radius 3 is 1.72 bits per heavy atom. The molecule has 0 unspecified atom stereocenters. The fourth-order valence-corrected chi connectivity index (χ4v) is 6.71. The molecule has 50 heavy (non-hydrogen) atoms. The monoisotopic (exact) mass is 662 g/mol. The topological polar surface area (TPSA) is 139 Å². The van der Waals surface area contributed by atoms with Gasteiger partial charge in [-0.2, -0.15) is 15.0 Å². The predicted octanol–water partition coefficient (Wildman–Crippen LogP) is 8.92. The lowest BCUT2D eigenvalue weighted by Crippen LogP contribution is -2.31. The zero-order valence-corrected chi connectivity index (χ0v) is 29.8. The summed E-state index contributed by atoms with van der Waals surface area (Å²) < 4.78 is 7.22. The van der Waals surface area contributed by atoms with Gasteiger partial charge in [0, 0.05) is 34.5 Å². The van der Waals surface area contributed by atoms with Crippen molar-refractivity contribution in [3.8, 4) is 56.8 Å². The van der Waals surface area contributed by atoms with Gasteiger partial charge in [0.15, 0.2) is 5.82 Å². The summed E-state index contributed by atoms with van der Waals surface area (Å²) in [6, 6.07) is 24.6. The molecule has 0 aliphatic carbocycles. The van der Waals surface area contributed by atoms with Crippen molar-refractivity contribution in [2.24, 2.45) is 0 Å². The van der Waals surface area contributed by atoms with Gasteiger partial charge in [-0.25, -0.2) is 4.98 Å². The van der Waals surface area contributed by atoms with Gasteiger partial charge in [-0.1, -0.05) is 85.7 Å². The van der Waals surface area contributed by atoms with Crippen molar-refractivity contribution in [1.29, 1.82) is 0 Å². The first-order chi connectivity index (χ1) is 23.6. The number of fused-ring (bicyclic) bond motifs is 2. The fraction of sp³-hybridized carbons (Fsp3) is 0.268. The summed E-state index contributed by atoms with van der Waals surface area (Å²) in [5, 5.41) is 0. The highest BCUT2D eigenvalue weighted by molar-refractivity contribution is 5.84. The number of pyridine rings is 3. The van der Waals surface area contributed by atoms with Gasteiger partial charge in [0.2, 0.25) is 11.9 Å². The van der Waals surface area contributed by atoms with Crippen molar-refractivity contribution in [3.63, 3.8) is 0 Å². The Labute approximate surface area is 293 Å². The van der Waals surface area contributed by atoms with E-state index in [0.717, 1.165) is 56.3 Å². The number of hydrogen-bond acceptors (Lipinski definition) is 9. The minimum absolute atomic E-state index is 0.0504. The molecule has 0 fully saturated rings. The van der Waals surface area contributed by atoms with Crippen LogP contribution in [0.2, 0.25) is 0 Å². The van der Waals surface area contributed by atoms with E-state index in [4.69, 9.17) is 21.2 Å². The first kappa shape index (κ1) is 32.8. The van der Waals surface area contributed by atoms with Crippen LogP contribution in [-0.4, -0.2) is 29.9 Å². The molecule has 252 valence electrons. The van der Waals surface area contributed by atoms with E-state index < -0.39 is 5.41 Å². The first-order valence-corrected chi connectivity index (χ1v) is 16.8. The van der Waals surface area contributed by atoms with Crippen molar-refractivity contribution in [3.05, 3.63) is 107 Å². The summed E-state index contributed by atoms with van der Waals surface area (Å²) in [6.45, 7) is 17.8. The van der Waals surface area contributed by atoms with Gasteiger partial charge in [0.1, 0.15) is 11.5 Å². The molecule has 0 atom stereocenters. The molecule has 0 saturated carbocycles. The van der Waals surface area contributed by atoms with Gasteiger partial charge in [-0.3, -0.25) is 9.97 Å². The highest BCUT2D eigenvalue weighted by Crippen LogP contribution is 2.57. The van der Waals surface area contributed by atoms with Crippen LogP contribution in [0, 0.1) is 0 Å². The predicted molar refractivity (Wildman–Crippen MR) is 200 cm³/mol. The number of hydrogen-bond donors (Lipinski definition) is 2. The second kappa shape index (κ2) is 11.7. The second-order valence-electron chi connectivity index (χ2n) is 15.4. The lowest BCUT2D eigenvalue weighted by molar-refractivity contribution is 0.410. The Morgan fingerprint density at radius 2 is 1.20 bits per heavy atom. The largest absolute Gasteiger partial charge is 0.455 e. The minimum Gasteiger partial charge on any atom is -0.455 e. The molecule has 5 heterocycles. The maximum absolute atomic E-state index is 7.22. The van der Waals surface area contributed by atoms with Crippen LogP contribution in [-0.2, 0) is 16.2 Å². The molecule has 6 aromatic rings. The lowest BCUT2D eigenvalue weighted by Gasteiger charge is -2.41. The molecule has 4 aromatic heterocycles. The summed E-state index contributed by atoms with van der Waals surface area (Å²) in [4.78, 5) is 27.4. The summed E-state index contributed by atoms with van der Waals surface area (Å²) in [7, 11) is 0. The molecule has 1 aliphatic rings. The molecular formula is C41H42N8O. The van der Waals surface area contributed by atoms with Crippen LogP contribution >= 0.6 is 0 Å². The first-order valence-electron chi connectivity index (χ1n) is 16.8. The molecule has 1 aliphatic heterocycles. The van der Waals surface area contributed by atoms with Gasteiger partial charge in [0.25, 0.3) is 0 Å². The Hall–Kier alpha value is -5.70. The zero-order valence-electron chi connectivity index (χ0n) is 29.8. The third-order valence-electron chi connectivity index (χ3n) is 9.33. The average molecular weight is 663 g/mol. The van der Waals surface area contributed by atoms with Crippen LogP contribution in [0.15, 0.2) is 85.2 Å². The number of benzene rings is 2. The van der Waals surface area contributed by atoms with Gasteiger partial charge >= 0.3 is 0 Å². The molecule has 0 amide bonds. The standard InChI is InChI=1S/C41H42N8O/c1-39(2,3)24-21-26(36-47-37(42)49-38(43)48-36)34-28(22-24)41(7,8)33-27(40(4,5)6)16-15-25(35(33)50-34)23-19-31(29-13-9-11-17-44-29)46-32(20-23)30-14-10-12-18-45-30/h9-22H,1-8H3,(H4,42,43,47,48,49). The Balaban J connectivity index is 1.55. The van der Waals surface area contributed by atoms with Crippen LogP contribution in [0.4, 0.5) is 11.9 Å². The summed E-state index contributed by atoms with van der Waals surface area (Å²) >= 11 is 0. The van der Waals surface area contributed by atoms with E-state index in [1.165, 1.54) is 5.56 Å². The van der Waals surface area contributed by atoms with E-state index in [2.05, 4.69) is 117 Å². The van der Waals surface area contributed by atoms with Crippen molar-refractivity contribution >= 4 is 11.9 Å². The number of nitrogens with zero attached hydrogens (tertiary/aromatic N) is 6. The van der Waals surface area contributed by atoms with E-state index in [1.807, 2.05) is 36.4 Å². The Bertz CT molecular complexity index is 2170. The SMILES string of the molecule is CC(C)(C)c1cc(-c2nc(N)nc(N)n2)c2c(c1)C(C)(C)c1c(C(C)(C)C)ccc(-c3cc(-c4ccccn4)nc(-c4ccccn4)c3)c1O2. The number of rotatable bonds is 4. The Morgan fingerprint density at radius 1 is 0.600 bits per heavy atom. The van der Waals surface area contributed by atoms with Gasteiger partial charge in [0.05, 0.1) is 28.3 Å². The van der Waals surface area contributed by atoms with E-state index >= 15 is 0 Å². The fourth-order valence-electron chi connectivity index (χ4n) is 6.71. The van der Waals surface area contributed by atoms with Crippen LogP contribution in [0.3, 0.4) is 0 Å². The molecule has 0 spiro atoms. The van der Waals surface area contributed by atoms with Crippen molar-refractivity contribution in [1.82, 2.24) is 29.9 Å². The molecular weight excluding hydrogens is 621 g/mol. The number of anilines is 2. The van der Waals surface area contributed by atoms with E-state index in [9.17, 15) is 0 Å². The quantitative estimate of drug-likeness (QED) is 0.189. The van der Waals surface area contributed by atoms with Crippen molar-refractivity contribution < 1.29 is 4.74 Å². The third kappa shape index (κ3) is 5.82. The van der Waals surface area contributed by atoms with E-state index in [1.54, 1.807) is 12.4 Å². The molecule has 7 rings (SSSR count). The lowest BCUT2D eigenvalue weighted by atomic mass is 9.67. The maximum Gasteiger partial charge on any atom is 0.225 e. The molecule has 0 saturated heterocycles. The van der Waals surface area contributed by atoms with Gasteiger partial charge < -0.3 is 16.2 Å². The molecule has 0 radical (unpaired) electrons. The average Bonchev–Trinajstić information content (AvgIpc) is 3.07. The smallest absolute Gasteiger partial charge is 0.225 e. The molecule has 2 aromatic carbocycles. The normalized spacial score (nSPS) is 13.7. The van der Waals surface area contributed by atoms with Crippen LogP contribution < -0.4 is 16.2 Å². The number of nitrogen functional groups attached to an aromatic ring is 2. The highest BCUT2D eigenvalue weighted by Gasteiger charge is 2.42. The summed E-state index contributed by atoms with van der Waals surface area (Å²) in [6.07, 6.45) is 3.56. The summed E-state index contributed by atoms with van der Waals surface area (Å²) in [5.74, 6) is 1.89. The van der Waals surface area contributed by atoms with E-state index in [-0.39, 0.29) is 22.7 Å². The van der Waals surface area contributed by atoms with Crippen LogP contribution in [0.1, 0.15) is 77.6 Å². The molecule has 9 heteroatoms. The zero-order chi connectivity index (χ0) is 35.6. The Kier molecular flexibility index (Phi) is 7.70. The highest BCUT2D eigenvalue weighted by atomic mass is 16.5. The number of nitrogens with two attached hydrogens (primary N) is 2. The van der Waals surface area contributed by atoms with Crippen LogP contribution in [0.5, 0.6) is 11.5 Å². The van der Waals surface area contributed by atoms with Gasteiger partial charge in [-0.05, 0) is 70.0 Å². The van der Waals surface area contributed by atoms with Crippen LogP contribution in [0.25, 0.3) is 45.3 Å². The minimum atomic E-state index is -0.498. The number of ether oxygens (including phenoxy) is 1. The van der Waals surface area contributed by atoms with Gasteiger partial charge in [-0.15, -0.1) is 0 Å². The summed E-state index contributed by atoms with van der Waals surface area (Å²) in [5.41, 5.74) is 21.4. The maximum atomic E-state index is 7.22. The molecule has 4 N–H and O–H groups in total. The third-order valence-corrected chi connectivity index (χ3v) is 9.33. The number of aromatic nitrogens is 6. The van der Waals surface area contributed by atoms with Crippen molar-refractivity contribution in [2.45, 2.75) is 71.6 Å². The molecule has 9 nitrogen and oxygen atoms in total. The van der Waals surface area contributed by atoms with E-state index in [0.29, 0.717) is 17.1 Å². The second-order valence-corrected chi connectivity index (χ2v) is 15.4. The van der Waals surface area contributed by atoms with Crippen molar-refractivity contribution in [2.75, 3.05) is 11.5 Å².